The van der Waals surface area contributed by atoms with Crippen molar-refractivity contribution in [2.24, 2.45) is 0 Å². The normalized spacial score (nSPS) is 19.8. The highest BCUT2D eigenvalue weighted by Crippen LogP contribution is 2.29. The van der Waals surface area contributed by atoms with E-state index in [0.717, 1.165) is 5.56 Å². The third-order valence-electron chi connectivity index (χ3n) is 2.87. The molecule has 5 nitrogen and oxygen atoms in total. The summed E-state index contributed by atoms with van der Waals surface area (Å²) in [5.74, 6) is 0.656. The molecule has 1 aromatic rings. The quantitative estimate of drug-likeness (QED) is 0.731. The average molecular weight is 221 g/mol. The second-order valence-electron chi connectivity index (χ2n) is 3.81. The predicted molar refractivity (Wildman–Crippen MR) is 61.3 cm³/mol. The van der Waals surface area contributed by atoms with Crippen molar-refractivity contribution in [1.29, 1.82) is 0 Å². The van der Waals surface area contributed by atoms with Gasteiger partial charge in [0.15, 0.2) is 0 Å². The van der Waals surface area contributed by atoms with Crippen molar-refractivity contribution in [3.8, 4) is 5.75 Å². The second-order valence-corrected chi connectivity index (χ2v) is 3.81. The lowest BCUT2D eigenvalue weighted by molar-refractivity contribution is 0.217. The zero-order valence-electron chi connectivity index (χ0n) is 9.36. The molecule has 1 heterocycles. The molecule has 86 valence electrons. The van der Waals surface area contributed by atoms with Crippen molar-refractivity contribution in [2.75, 3.05) is 26.4 Å². The fourth-order valence-electron chi connectivity index (χ4n) is 1.89. The lowest BCUT2D eigenvalue weighted by atomic mass is 10.1. The molecule has 0 bridgehead atoms. The Labute approximate surface area is 94.2 Å². The predicted octanol–water partition coefficient (Wildman–Crippen LogP) is 0.974. The summed E-state index contributed by atoms with van der Waals surface area (Å²) < 4.78 is 5.09. The number of carbonyl (C=O) groups is 1. The number of nitrogens with two attached hydrogens (primary N) is 1. The van der Waals surface area contributed by atoms with Gasteiger partial charge in [-0.3, -0.25) is 0 Å². The van der Waals surface area contributed by atoms with E-state index in [4.69, 9.17) is 10.5 Å². The number of ether oxygens (including phenoxy) is 1. The van der Waals surface area contributed by atoms with Gasteiger partial charge in [-0.1, -0.05) is 6.07 Å². The summed E-state index contributed by atoms with van der Waals surface area (Å²) in [6.07, 6.45) is 0. The number of hydrogen-bond donors (Lipinski definition) is 2. The van der Waals surface area contributed by atoms with Crippen molar-refractivity contribution in [1.82, 2.24) is 10.2 Å². The Morgan fingerprint density at radius 2 is 2.31 bits per heavy atom. The van der Waals surface area contributed by atoms with Gasteiger partial charge < -0.3 is 20.7 Å². The lowest BCUT2D eigenvalue weighted by Gasteiger charge is -2.19. The van der Waals surface area contributed by atoms with Gasteiger partial charge >= 0.3 is 6.03 Å². The Morgan fingerprint density at radius 1 is 1.56 bits per heavy atom. The van der Waals surface area contributed by atoms with Crippen LogP contribution in [-0.4, -0.2) is 31.6 Å². The highest BCUT2D eigenvalue weighted by molar-refractivity contribution is 5.77. The van der Waals surface area contributed by atoms with Gasteiger partial charge in [0.2, 0.25) is 0 Å². The molecule has 3 N–H and O–H groups in total. The molecule has 1 fully saturated rings. The van der Waals surface area contributed by atoms with Gasteiger partial charge in [0, 0.05) is 13.6 Å². The largest absolute Gasteiger partial charge is 0.495 e. The highest BCUT2D eigenvalue weighted by Gasteiger charge is 2.28. The summed E-state index contributed by atoms with van der Waals surface area (Å²) in [7, 11) is 3.35. The Morgan fingerprint density at radius 3 is 2.81 bits per heavy atom. The fraction of sp³-hybridized carbons (Fsp3) is 0.364. The number of nitrogens with zero attached hydrogens (tertiary/aromatic N) is 1. The molecule has 0 saturated carbocycles. The van der Waals surface area contributed by atoms with Crippen molar-refractivity contribution >= 4 is 11.7 Å². The highest BCUT2D eigenvalue weighted by atomic mass is 16.5. The maximum absolute atomic E-state index is 11.3. The van der Waals surface area contributed by atoms with Crippen LogP contribution in [0.4, 0.5) is 10.5 Å². The van der Waals surface area contributed by atoms with E-state index in [1.165, 1.54) is 0 Å². The molecule has 2 amide bonds. The van der Waals surface area contributed by atoms with Crippen LogP contribution in [0.1, 0.15) is 11.6 Å². The topological polar surface area (TPSA) is 67.6 Å². The van der Waals surface area contributed by atoms with Crippen molar-refractivity contribution in [3.05, 3.63) is 23.8 Å². The van der Waals surface area contributed by atoms with Crippen LogP contribution in [-0.2, 0) is 0 Å². The second kappa shape index (κ2) is 3.92. The van der Waals surface area contributed by atoms with Gasteiger partial charge in [0.05, 0.1) is 18.8 Å². The molecular formula is C11H15N3O2. The molecule has 5 heteroatoms. The number of benzene rings is 1. The molecule has 1 aliphatic rings. The molecular weight excluding hydrogens is 206 g/mol. The van der Waals surface area contributed by atoms with Gasteiger partial charge in [-0.15, -0.1) is 0 Å². The molecule has 1 aromatic carbocycles. The molecule has 0 radical (unpaired) electrons. The third kappa shape index (κ3) is 1.64. The Kier molecular flexibility index (Phi) is 2.60. The molecule has 0 aliphatic carbocycles. The van der Waals surface area contributed by atoms with Gasteiger partial charge in [-0.25, -0.2) is 4.79 Å². The lowest BCUT2D eigenvalue weighted by Crippen LogP contribution is -2.25. The maximum Gasteiger partial charge on any atom is 0.317 e. The van der Waals surface area contributed by atoms with E-state index in [2.05, 4.69) is 5.32 Å². The molecule has 1 saturated heterocycles. The van der Waals surface area contributed by atoms with E-state index in [0.29, 0.717) is 18.0 Å². The fourth-order valence-corrected chi connectivity index (χ4v) is 1.89. The summed E-state index contributed by atoms with van der Waals surface area (Å²) in [6.45, 7) is 0.612. The summed E-state index contributed by atoms with van der Waals surface area (Å²) in [5.41, 5.74) is 7.43. The number of anilines is 1. The first-order valence-corrected chi connectivity index (χ1v) is 5.07. The summed E-state index contributed by atoms with van der Waals surface area (Å²) >= 11 is 0. The number of amides is 2. The molecule has 16 heavy (non-hydrogen) atoms. The van der Waals surface area contributed by atoms with Crippen LogP contribution in [0.2, 0.25) is 0 Å². The van der Waals surface area contributed by atoms with Crippen LogP contribution in [0.25, 0.3) is 0 Å². The van der Waals surface area contributed by atoms with Crippen LogP contribution in [0.5, 0.6) is 5.75 Å². The number of methoxy groups -OCH3 is 1. The number of nitrogen functional groups attached to an aromatic ring is 1. The van der Waals surface area contributed by atoms with Gasteiger partial charge in [0.1, 0.15) is 5.75 Å². The first-order chi connectivity index (χ1) is 7.63. The smallest absolute Gasteiger partial charge is 0.317 e. The average Bonchev–Trinajstić information content (AvgIpc) is 2.60. The monoisotopic (exact) mass is 221 g/mol. The minimum absolute atomic E-state index is 0.0423. The standard InChI is InChI=1S/C11H15N3O2/c1-14-9(6-13-11(14)15)7-3-4-10(16-2)8(12)5-7/h3-5,9H,6,12H2,1-2H3,(H,13,15). The zero-order chi connectivity index (χ0) is 11.7. The van der Waals surface area contributed by atoms with Crippen LogP contribution >= 0.6 is 0 Å². The molecule has 1 atom stereocenters. The minimum atomic E-state index is -0.0561. The van der Waals surface area contributed by atoms with E-state index in [1.54, 1.807) is 19.1 Å². The van der Waals surface area contributed by atoms with Crippen molar-refractivity contribution < 1.29 is 9.53 Å². The summed E-state index contributed by atoms with van der Waals surface area (Å²) in [5, 5.41) is 2.78. The first kappa shape index (κ1) is 10.6. The van der Waals surface area contributed by atoms with Crippen molar-refractivity contribution in [3.63, 3.8) is 0 Å². The van der Waals surface area contributed by atoms with E-state index in [-0.39, 0.29) is 12.1 Å². The number of nitrogens with one attached hydrogen (secondary N) is 1. The number of carbonyl (C=O) groups excluding carboxylic acids is 1. The number of hydrogen-bond acceptors (Lipinski definition) is 3. The van der Waals surface area contributed by atoms with E-state index in [9.17, 15) is 4.79 Å². The Hall–Kier alpha value is -1.91. The van der Waals surface area contributed by atoms with E-state index in [1.807, 2.05) is 18.2 Å². The zero-order valence-corrected chi connectivity index (χ0v) is 9.36. The Balaban J connectivity index is 2.28. The van der Waals surface area contributed by atoms with Gasteiger partial charge in [-0.05, 0) is 17.7 Å². The van der Waals surface area contributed by atoms with Crippen LogP contribution in [0, 0.1) is 0 Å². The van der Waals surface area contributed by atoms with Crippen LogP contribution < -0.4 is 15.8 Å². The molecule has 0 spiro atoms. The minimum Gasteiger partial charge on any atom is -0.495 e. The van der Waals surface area contributed by atoms with E-state index < -0.39 is 0 Å². The van der Waals surface area contributed by atoms with Gasteiger partial charge in [-0.2, -0.15) is 0 Å². The molecule has 1 aliphatic heterocycles. The van der Waals surface area contributed by atoms with Crippen molar-refractivity contribution in [2.45, 2.75) is 6.04 Å². The summed E-state index contributed by atoms with van der Waals surface area (Å²) in [4.78, 5) is 13.0. The number of urea groups is 1. The van der Waals surface area contributed by atoms with E-state index >= 15 is 0 Å². The first-order valence-electron chi connectivity index (χ1n) is 5.07. The third-order valence-corrected chi connectivity index (χ3v) is 2.87. The molecule has 1 unspecified atom stereocenters. The van der Waals surface area contributed by atoms with Crippen LogP contribution in [0.15, 0.2) is 18.2 Å². The SMILES string of the molecule is COc1ccc(C2CNC(=O)N2C)cc1N. The van der Waals surface area contributed by atoms with Crippen LogP contribution in [0.3, 0.4) is 0 Å². The molecule has 2 rings (SSSR count). The van der Waals surface area contributed by atoms with Gasteiger partial charge in [0.25, 0.3) is 0 Å². The molecule has 0 aromatic heterocycles. The summed E-state index contributed by atoms with van der Waals surface area (Å²) in [6, 6.07) is 5.58. The maximum atomic E-state index is 11.3. The number of likely N-dealkylation sites (N-methyl/N-ethyl adjacent to an activating group) is 1. The Bertz CT molecular complexity index is 420. The number of rotatable bonds is 2.